The molecule has 102 valence electrons. The van der Waals surface area contributed by atoms with E-state index >= 15 is 0 Å². The van der Waals surface area contributed by atoms with E-state index in [9.17, 15) is 0 Å². The molecule has 2 rings (SSSR count). The Morgan fingerprint density at radius 2 is 2.11 bits per heavy atom. The lowest BCUT2D eigenvalue weighted by Gasteiger charge is -2.08. The molecule has 0 aromatic carbocycles. The van der Waals surface area contributed by atoms with Crippen LogP contribution in [0.15, 0.2) is 23.0 Å². The van der Waals surface area contributed by atoms with Gasteiger partial charge in [0, 0.05) is 19.2 Å². The summed E-state index contributed by atoms with van der Waals surface area (Å²) in [6.07, 6.45) is 4.19. The smallest absolute Gasteiger partial charge is 0.323 e. The van der Waals surface area contributed by atoms with Gasteiger partial charge in [0.25, 0.3) is 0 Å². The minimum absolute atomic E-state index is 0.316. The Kier molecular flexibility index (Phi) is 4.54. The predicted octanol–water partition coefficient (Wildman–Crippen LogP) is 1.91. The molecule has 0 aliphatic carbocycles. The van der Waals surface area contributed by atoms with Gasteiger partial charge in [-0.25, -0.2) is 0 Å². The third-order valence-electron chi connectivity index (χ3n) is 2.30. The summed E-state index contributed by atoms with van der Waals surface area (Å²) in [6.45, 7) is 3.18. The molecule has 0 fully saturated rings. The van der Waals surface area contributed by atoms with Gasteiger partial charge in [-0.05, 0) is 12.5 Å². The van der Waals surface area contributed by atoms with Crippen molar-refractivity contribution < 1.29 is 9.15 Å². The van der Waals surface area contributed by atoms with E-state index in [2.05, 4.69) is 25.6 Å². The van der Waals surface area contributed by atoms with E-state index in [0.717, 1.165) is 12.0 Å². The van der Waals surface area contributed by atoms with Gasteiger partial charge in [0.2, 0.25) is 11.9 Å². The molecule has 0 aliphatic heterocycles. The molecule has 7 nitrogen and oxygen atoms in total. The topological polar surface area (TPSA) is 85.1 Å². The van der Waals surface area contributed by atoms with Crippen LogP contribution in [0.25, 0.3) is 0 Å². The highest BCUT2D eigenvalue weighted by Gasteiger charge is 2.06. The number of nitrogens with zero attached hydrogens (tertiary/aromatic N) is 3. The normalized spacial score (nSPS) is 10.2. The summed E-state index contributed by atoms with van der Waals surface area (Å²) < 4.78 is 10.4. The molecule has 19 heavy (non-hydrogen) atoms. The second-order valence-corrected chi connectivity index (χ2v) is 3.85. The SMILES string of the molecule is CCCOc1nc(NC)nc(NCc2ccoc2)n1. The maximum atomic E-state index is 5.41. The Balaban J connectivity index is 2.05. The van der Waals surface area contributed by atoms with Crippen LogP contribution >= 0.6 is 0 Å². The van der Waals surface area contributed by atoms with Gasteiger partial charge in [0.05, 0.1) is 19.1 Å². The van der Waals surface area contributed by atoms with Gasteiger partial charge in [-0.1, -0.05) is 6.92 Å². The molecule has 0 unspecified atom stereocenters. The van der Waals surface area contributed by atoms with E-state index in [-0.39, 0.29) is 0 Å². The van der Waals surface area contributed by atoms with Gasteiger partial charge in [-0.2, -0.15) is 15.0 Å². The van der Waals surface area contributed by atoms with Crippen LogP contribution in [0.3, 0.4) is 0 Å². The highest BCUT2D eigenvalue weighted by Crippen LogP contribution is 2.12. The van der Waals surface area contributed by atoms with Crippen molar-refractivity contribution >= 4 is 11.9 Å². The number of hydrogen-bond donors (Lipinski definition) is 2. The van der Waals surface area contributed by atoms with Crippen LogP contribution in [0, 0.1) is 0 Å². The van der Waals surface area contributed by atoms with Gasteiger partial charge in [-0.15, -0.1) is 0 Å². The first-order chi connectivity index (χ1) is 9.31. The number of rotatable bonds is 7. The maximum absolute atomic E-state index is 5.41. The summed E-state index contributed by atoms with van der Waals surface area (Å²) in [4.78, 5) is 12.5. The average molecular weight is 263 g/mol. The van der Waals surface area contributed by atoms with E-state index in [1.165, 1.54) is 0 Å². The summed E-state index contributed by atoms with van der Waals surface area (Å²) in [5.74, 6) is 0.933. The van der Waals surface area contributed by atoms with Crippen molar-refractivity contribution in [3.8, 4) is 6.01 Å². The summed E-state index contributed by atoms with van der Waals surface area (Å²) in [5.41, 5.74) is 1.02. The number of furan rings is 1. The molecule has 2 aromatic heterocycles. The van der Waals surface area contributed by atoms with Crippen LogP contribution in [0.1, 0.15) is 18.9 Å². The highest BCUT2D eigenvalue weighted by molar-refractivity contribution is 5.35. The molecule has 2 aromatic rings. The molecule has 0 bridgehead atoms. The first-order valence-electron chi connectivity index (χ1n) is 6.13. The Hall–Kier alpha value is -2.31. The molecule has 0 saturated heterocycles. The quantitative estimate of drug-likeness (QED) is 0.789. The van der Waals surface area contributed by atoms with Crippen LogP contribution in [-0.2, 0) is 6.54 Å². The number of ether oxygens (including phenoxy) is 1. The second-order valence-electron chi connectivity index (χ2n) is 3.85. The van der Waals surface area contributed by atoms with Gasteiger partial charge >= 0.3 is 6.01 Å². The molecular formula is C12H17N5O2. The Bertz CT molecular complexity index is 501. The zero-order valence-corrected chi connectivity index (χ0v) is 11.0. The van der Waals surface area contributed by atoms with Crippen LogP contribution < -0.4 is 15.4 Å². The monoisotopic (exact) mass is 263 g/mol. The molecule has 2 heterocycles. The van der Waals surface area contributed by atoms with Crippen molar-refractivity contribution in [2.24, 2.45) is 0 Å². The van der Waals surface area contributed by atoms with Crippen LogP contribution in [0.4, 0.5) is 11.9 Å². The zero-order valence-electron chi connectivity index (χ0n) is 11.0. The number of anilines is 2. The van der Waals surface area contributed by atoms with Crippen molar-refractivity contribution in [3.05, 3.63) is 24.2 Å². The minimum Gasteiger partial charge on any atom is -0.472 e. The van der Waals surface area contributed by atoms with Crippen molar-refractivity contribution in [2.45, 2.75) is 19.9 Å². The second kappa shape index (κ2) is 6.58. The van der Waals surface area contributed by atoms with Crippen molar-refractivity contribution in [2.75, 3.05) is 24.3 Å². The van der Waals surface area contributed by atoms with Gasteiger partial charge in [-0.3, -0.25) is 0 Å². The highest BCUT2D eigenvalue weighted by atomic mass is 16.5. The summed E-state index contributed by atoms with van der Waals surface area (Å²) in [6, 6.07) is 2.19. The molecular weight excluding hydrogens is 246 g/mol. The third kappa shape index (κ3) is 3.84. The van der Waals surface area contributed by atoms with Crippen molar-refractivity contribution in [1.82, 2.24) is 15.0 Å². The van der Waals surface area contributed by atoms with Crippen molar-refractivity contribution in [1.29, 1.82) is 0 Å². The Morgan fingerprint density at radius 1 is 1.26 bits per heavy atom. The van der Waals surface area contributed by atoms with Gasteiger partial charge in [0.1, 0.15) is 0 Å². The Labute approximate surface area is 111 Å². The van der Waals surface area contributed by atoms with Crippen molar-refractivity contribution in [3.63, 3.8) is 0 Å². The van der Waals surface area contributed by atoms with Crippen LogP contribution in [-0.4, -0.2) is 28.6 Å². The zero-order chi connectivity index (χ0) is 13.5. The molecule has 2 N–H and O–H groups in total. The first kappa shape index (κ1) is 13.1. The van der Waals surface area contributed by atoms with E-state index in [1.807, 2.05) is 13.0 Å². The predicted molar refractivity (Wildman–Crippen MR) is 71.2 cm³/mol. The van der Waals surface area contributed by atoms with E-state index < -0.39 is 0 Å². The van der Waals surface area contributed by atoms with Gasteiger partial charge in [0.15, 0.2) is 0 Å². The van der Waals surface area contributed by atoms with E-state index in [1.54, 1.807) is 19.6 Å². The fraction of sp³-hybridized carbons (Fsp3) is 0.417. The lowest BCUT2D eigenvalue weighted by molar-refractivity contribution is 0.292. The standard InChI is InChI=1S/C12H17N5O2/c1-3-5-19-12-16-10(13-2)15-11(17-12)14-7-9-4-6-18-8-9/h4,6,8H,3,5,7H2,1-2H3,(H2,13,14,15,16,17). The largest absolute Gasteiger partial charge is 0.472 e. The van der Waals surface area contributed by atoms with Gasteiger partial charge < -0.3 is 19.8 Å². The first-order valence-corrected chi connectivity index (χ1v) is 6.13. The summed E-state index contributed by atoms with van der Waals surface area (Å²) in [7, 11) is 1.75. The number of aromatic nitrogens is 3. The molecule has 7 heteroatoms. The Morgan fingerprint density at radius 3 is 2.79 bits per heavy atom. The summed E-state index contributed by atoms with van der Waals surface area (Å²) >= 11 is 0. The minimum atomic E-state index is 0.316. The van der Waals surface area contributed by atoms with Crippen LogP contribution in [0.5, 0.6) is 6.01 Å². The third-order valence-corrected chi connectivity index (χ3v) is 2.30. The fourth-order valence-electron chi connectivity index (χ4n) is 1.38. The number of nitrogens with one attached hydrogen (secondary N) is 2. The molecule has 0 radical (unpaired) electrons. The van der Waals surface area contributed by atoms with E-state index in [4.69, 9.17) is 9.15 Å². The lowest BCUT2D eigenvalue weighted by Crippen LogP contribution is -2.09. The molecule has 0 amide bonds. The average Bonchev–Trinajstić information content (AvgIpc) is 2.96. The number of hydrogen-bond acceptors (Lipinski definition) is 7. The van der Waals surface area contributed by atoms with E-state index in [0.29, 0.717) is 31.1 Å². The molecule has 0 saturated carbocycles. The molecule has 0 spiro atoms. The summed E-state index contributed by atoms with van der Waals surface area (Å²) in [5, 5.41) is 5.97. The lowest BCUT2D eigenvalue weighted by atomic mass is 10.3. The fourth-order valence-corrected chi connectivity index (χ4v) is 1.38. The maximum Gasteiger partial charge on any atom is 0.323 e. The van der Waals surface area contributed by atoms with Crippen LogP contribution in [0.2, 0.25) is 0 Å². The molecule has 0 aliphatic rings. The molecule has 0 atom stereocenters.